The van der Waals surface area contributed by atoms with Gasteiger partial charge in [0.05, 0.1) is 22.1 Å². The van der Waals surface area contributed by atoms with Crippen LogP contribution in [0, 0.1) is 0 Å². The highest BCUT2D eigenvalue weighted by Gasteiger charge is 2.20. The maximum atomic E-state index is 2.47. The zero-order valence-electron chi connectivity index (χ0n) is 24.1. The molecule has 7 aromatic carbocycles. The Hall–Kier alpha value is -5.86. The number of para-hydroxylation sites is 3. The zero-order valence-corrected chi connectivity index (χ0v) is 24.1. The molecule has 2 aromatic heterocycles. The first kappa shape index (κ1) is 24.7. The number of hydrogen-bond acceptors (Lipinski definition) is 0. The smallest absolute Gasteiger partial charge is 0.0641 e. The minimum atomic E-state index is 1.16. The van der Waals surface area contributed by atoms with Crippen molar-refractivity contribution in [2.45, 2.75) is 0 Å². The van der Waals surface area contributed by atoms with E-state index in [9.17, 15) is 0 Å². The molecule has 2 nitrogen and oxygen atoms in total. The van der Waals surface area contributed by atoms with Crippen LogP contribution in [0.1, 0.15) is 0 Å². The molecule has 9 aromatic rings. The van der Waals surface area contributed by atoms with Gasteiger partial charge in [-0.15, -0.1) is 0 Å². The Morgan fingerprint density at radius 2 is 0.841 bits per heavy atom. The van der Waals surface area contributed by atoms with Gasteiger partial charge in [-0.3, -0.25) is 0 Å². The molecule has 0 spiro atoms. The number of rotatable bonds is 4. The molecule has 0 aliphatic heterocycles. The summed E-state index contributed by atoms with van der Waals surface area (Å²) in [6.45, 7) is 0. The summed E-state index contributed by atoms with van der Waals surface area (Å²) in [5.41, 5.74) is 12.1. The number of benzene rings is 7. The molecule has 0 fully saturated rings. The van der Waals surface area contributed by atoms with Crippen molar-refractivity contribution in [3.63, 3.8) is 0 Å². The van der Waals surface area contributed by atoms with Crippen molar-refractivity contribution >= 4 is 43.6 Å². The monoisotopic (exact) mass is 560 g/mol. The molecule has 0 radical (unpaired) electrons. The molecule has 2 heterocycles. The van der Waals surface area contributed by atoms with E-state index in [1.165, 1.54) is 71.6 Å². The Morgan fingerprint density at radius 1 is 0.295 bits per heavy atom. The lowest BCUT2D eigenvalue weighted by atomic mass is 10.00. The molecule has 0 aliphatic rings. The molecule has 0 saturated heterocycles. The Kier molecular flexibility index (Phi) is 5.54. The van der Waals surface area contributed by atoms with Crippen LogP contribution in [0.4, 0.5) is 0 Å². The minimum absolute atomic E-state index is 1.16. The van der Waals surface area contributed by atoms with Crippen molar-refractivity contribution < 1.29 is 0 Å². The quantitative estimate of drug-likeness (QED) is 0.203. The Balaban J connectivity index is 1.31. The Bertz CT molecular complexity index is 2460. The molecule has 9 rings (SSSR count). The highest BCUT2D eigenvalue weighted by Crippen LogP contribution is 2.42. The molecular weight excluding hydrogens is 532 g/mol. The topological polar surface area (TPSA) is 9.86 Å². The fourth-order valence-electron chi connectivity index (χ4n) is 6.94. The molecule has 0 unspecified atom stereocenters. The molecule has 44 heavy (non-hydrogen) atoms. The SMILES string of the molecule is c1ccc(-c2ccc(-c3cccc(-n4c5ccccc5c5ccc6c(c7ccccc7n6-c6ccccc6)c54)c3)cc2)cc1. The number of aromatic nitrogens is 2. The van der Waals surface area contributed by atoms with Crippen molar-refractivity contribution in [3.8, 4) is 33.6 Å². The van der Waals surface area contributed by atoms with Crippen LogP contribution in [-0.2, 0) is 0 Å². The van der Waals surface area contributed by atoms with Gasteiger partial charge < -0.3 is 9.13 Å². The summed E-state index contributed by atoms with van der Waals surface area (Å²) in [6.07, 6.45) is 0. The predicted octanol–water partition coefficient (Wildman–Crippen LogP) is 11.2. The van der Waals surface area contributed by atoms with Crippen LogP contribution in [0.25, 0.3) is 77.2 Å². The van der Waals surface area contributed by atoms with E-state index in [2.05, 4.69) is 179 Å². The zero-order chi connectivity index (χ0) is 29.0. The molecule has 0 amide bonds. The molecule has 0 saturated carbocycles. The lowest BCUT2D eigenvalue weighted by Crippen LogP contribution is -1.95. The second-order valence-electron chi connectivity index (χ2n) is 11.4. The van der Waals surface area contributed by atoms with E-state index >= 15 is 0 Å². The van der Waals surface area contributed by atoms with Crippen LogP contribution in [0.3, 0.4) is 0 Å². The fourth-order valence-corrected chi connectivity index (χ4v) is 6.94. The number of nitrogens with zero attached hydrogens (tertiary/aromatic N) is 2. The minimum Gasteiger partial charge on any atom is -0.309 e. The Labute approximate surface area is 255 Å². The van der Waals surface area contributed by atoms with E-state index in [1.807, 2.05) is 0 Å². The predicted molar refractivity (Wildman–Crippen MR) is 186 cm³/mol. The third-order valence-electron chi connectivity index (χ3n) is 8.91. The summed E-state index contributed by atoms with van der Waals surface area (Å²) in [4.78, 5) is 0. The van der Waals surface area contributed by atoms with E-state index in [1.54, 1.807) is 0 Å². The van der Waals surface area contributed by atoms with Gasteiger partial charge in [0.2, 0.25) is 0 Å². The maximum absolute atomic E-state index is 2.47. The van der Waals surface area contributed by atoms with Crippen LogP contribution in [0.2, 0.25) is 0 Å². The molecular formula is C42H28N2. The first-order valence-corrected chi connectivity index (χ1v) is 15.1. The second kappa shape index (κ2) is 9.86. The largest absolute Gasteiger partial charge is 0.309 e. The summed E-state index contributed by atoms with van der Waals surface area (Å²) in [7, 11) is 0. The van der Waals surface area contributed by atoms with E-state index in [0.29, 0.717) is 0 Å². The van der Waals surface area contributed by atoms with Gasteiger partial charge in [0, 0.05) is 32.9 Å². The molecule has 0 N–H and O–H groups in total. The summed E-state index contributed by atoms with van der Waals surface area (Å²) in [5, 5.41) is 5.06. The summed E-state index contributed by atoms with van der Waals surface area (Å²) >= 11 is 0. The first-order chi connectivity index (χ1) is 21.8. The average Bonchev–Trinajstić information content (AvgIpc) is 3.62. The normalized spacial score (nSPS) is 11.6. The summed E-state index contributed by atoms with van der Waals surface area (Å²) in [5.74, 6) is 0. The van der Waals surface area contributed by atoms with Gasteiger partial charge in [-0.1, -0.05) is 127 Å². The van der Waals surface area contributed by atoms with E-state index in [-0.39, 0.29) is 0 Å². The third-order valence-corrected chi connectivity index (χ3v) is 8.91. The van der Waals surface area contributed by atoms with E-state index in [4.69, 9.17) is 0 Å². The van der Waals surface area contributed by atoms with E-state index in [0.717, 1.165) is 5.69 Å². The van der Waals surface area contributed by atoms with Crippen molar-refractivity contribution in [1.82, 2.24) is 9.13 Å². The van der Waals surface area contributed by atoms with Gasteiger partial charge >= 0.3 is 0 Å². The third kappa shape index (κ3) is 3.75. The molecule has 0 bridgehead atoms. The highest BCUT2D eigenvalue weighted by molar-refractivity contribution is 6.26. The van der Waals surface area contributed by atoms with Crippen LogP contribution in [0.5, 0.6) is 0 Å². The van der Waals surface area contributed by atoms with Crippen molar-refractivity contribution in [1.29, 1.82) is 0 Å². The Morgan fingerprint density at radius 3 is 1.59 bits per heavy atom. The van der Waals surface area contributed by atoms with Crippen LogP contribution in [-0.4, -0.2) is 9.13 Å². The highest BCUT2D eigenvalue weighted by atomic mass is 15.0. The lowest BCUT2D eigenvalue weighted by Gasteiger charge is -2.12. The van der Waals surface area contributed by atoms with Gasteiger partial charge in [0.25, 0.3) is 0 Å². The molecule has 2 heteroatoms. The van der Waals surface area contributed by atoms with Gasteiger partial charge in [-0.2, -0.15) is 0 Å². The van der Waals surface area contributed by atoms with Gasteiger partial charge in [-0.05, 0) is 64.7 Å². The number of fused-ring (bicyclic) bond motifs is 7. The van der Waals surface area contributed by atoms with Gasteiger partial charge in [0.15, 0.2) is 0 Å². The average molecular weight is 561 g/mol. The van der Waals surface area contributed by atoms with Gasteiger partial charge in [-0.25, -0.2) is 0 Å². The van der Waals surface area contributed by atoms with Crippen LogP contribution >= 0.6 is 0 Å². The summed E-state index contributed by atoms with van der Waals surface area (Å²) in [6, 6.07) is 61.3. The first-order valence-electron chi connectivity index (χ1n) is 15.1. The lowest BCUT2D eigenvalue weighted by molar-refractivity contribution is 1.17. The summed E-state index contributed by atoms with van der Waals surface area (Å²) < 4.78 is 4.87. The van der Waals surface area contributed by atoms with Crippen molar-refractivity contribution in [2.24, 2.45) is 0 Å². The van der Waals surface area contributed by atoms with Crippen LogP contribution in [0.15, 0.2) is 170 Å². The number of hydrogen-bond donors (Lipinski definition) is 0. The van der Waals surface area contributed by atoms with Crippen LogP contribution < -0.4 is 0 Å². The molecule has 0 atom stereocenters. The standard InChI is InChI=1S/C42H28N2/c1-3-12-29(13-4-1)30-22-24-31(25-23-30)32-14-11-17-34(28-32)44-38-20-9-7-18-35(38)36-26-27-40-41(42(36)44)37-19-8-10-21-39(37)43(40)33-15-5-2-6-16-33/h1-28H. The van der Waals surface area contributed by atoms with Gasteiger partial charge in [0.1, 0.15) is 0 Å². The fraction of sp³-hybridized carbons (Fsp3) is 0. The maximum Gasteiger partial charge on any atom is 0.0641 e. The molecule has 0 aliphatic carbocycles. The van der Waals surface area contributed by atoms with Crippen molar-refractivity contribution in [2.75, 3.05) is 0 Å². The van der Waals surface area contributed by atoms with Crippen molar-refractivity contribution in [3.05, 3.63) is 170 Å². The molecule has 206 valence electrons. The second-order valence-corrected chi connectivity index (χ2v) is 11.4. The van der Waals surface area contributed by atoms with E-state index < -0.39 is 0 Å².